The minimum Gasteiger partial charge on any atom is -0.392 e. The normalized spacial score (nSPS) is 17.5. The summed E-state index contributed by atoms with van der Waals surface area (Å²) in [4.78, 5) is 4.86. The van der Waals surface area contributed by atoms with Crippen LogP contribution in [0.2, 0.25) is 0 Å². The molecule has 18 heavy (non-hydrogen) atoms. The maximum Gasteiger partial charge on any atom is 0.0702 e. The van der Waals surface area contributed by atoms with E-state index < -0.39 is 0 Å². The molecule has 2 rings (SSSR count). The molecule has 1 fully saturated rings. The SMILES string of the molecule is CC(C)N1CCN(c2cc(Br)ccc2CO)CC1. The quantitative estimate of drug-likeness (QED) is 0.929. The fourth-order valence-corrected chi connectivity index (χ4v) is 2.79. The zero-order valence-electron chi connectivity index (χ0n) is 11.1. The highest BCUT2D eigenvalue weighted by atomic mass is 79.9. The number of benzene rings is 1. The van der Waals surface area contributed by atoms with Crippen LogP contribution in [0.1, 0.15) is 19.4 Å². The predicted octanol–water partition coefficient (Wildman–Crippen LogP) is 2.47. The van der Waals surface area contributed by atoms with Crippen LogP contribution in [0.3, 0.4) is 0 Å². The summed E-state index contributed by atoms with van der Waals surface area (Å²) in [6, 6.07) is 6.71. The van der Waals surface area contributed by atoms with E-state index in [1.54, 1.807) is 0 Å². The first-order chi connectivity index (χ1) is 8.61. The Hall–Kier alpha value is -0.580. The molecule has 0 unspecified atom stereocenters. The summed E-state index contributed by atoms with van der Waals surface area (Å²) in [7, 11) is 0. The molecule has 1 saturated heterocycles. The van der Waals surface area contributed by atoms with Crippen molar-refractivity contribution in [1.82, 2.24) is 4.90 Å². The third kappa shape index (κ3) is 3.05. The maximum absolute atomic E-state index is 9.43. The minimum absolute atomic E-state index is 0.104. The first kappa shape index (κ1) is 13.8. The van der Waals surface area contributed by atoms with E-state index in [-0.39, 0.29) is 6.61 Å². The Morgan fingerprint density at radius 3 is 2.44 bits per heavy atom. The van der Waals surface area contributed by atoms with E-state index in [4.69, 9.17) is 0 Å². The molecule has 4 heteroatoms. The van der Waals surface area contributed by atoms with Crippen LogP contribution in [-0.2, 0) is 6.61 Å². The molecule has 0 spiro atoms. The summed E-state index contributed by atoms with van der Waals surface area (Å²) < 4.78 is 1.07. The molecule has 1 aromatic rings. The third-order valence-electron chi connectivity index (χ3n) is 3.60. The molecule has 0 amide bonds. The van der Waals surface area contributed by atoms with Crippen LogP contribution in [0.15, 0.2) is 22.7 Å². The highest BCUT2D eigenvalue weighted by Crippen LogP contribution is 2.26. The largest absolute Gasteiger partial charge is 0.392 e. The Balaban J connectivity index is 2.11. The van der Waals surface area contributed by atoms with Crippen LogP contribution in [-0.4, -0.2) is 42.2 Å². The number of anilines is 1. The van der Waals surface area contributed by atoms with Crippen LogP contribution in [0.5, 0.6) is 0 Å². The first-order valence-electron chi connectivity index (χ1n) is 6.50. The Morgan fingerprint density at radius 2 is 1.89 bits per heavy atom. The summed E-state index contributed by atoms with van der Waals surface area (Å²) >= 11 is 3.51. The van der Waals surface area contributed by atoms with Crippen molar-refractivity contribution < 1.29 is 5.11 Å². The van der Waals surface area contributed by atoms with Gasteiger partial charge in [0.15, 0.2) is 0 Å². The Morgan fingerprint density at radius 1 is 1.22 bits per heavy atom. The van der Waals surface area contributed by atoms with Crippen molar-refractivity contribution in [3.63, 3.8) is 0 Å². The fourth-order valence-electron chi connectivity index (χ4n) is 2.44. The molecule has 0 saturated carbocycles. The molecule has 1 N–H and O–H groups in total. The highest BCUT2D eigenvalue weighted by Gasteiger charge is 2.20. The Bertz CT molecular complexity index is 401. The molecular formula is C14H21BrN2O. The van der Waals surface area contributed by atoms with E-state index in [1.165, 1.54) is 0 Å². The van der Waals surface area contributed by atoms with Crippen molar-refractivity contribution in [3.05, 3.63) is 28.2 Å². The van der Waals surface area contributed by atoms with E-state index in [9.17, 15) is 5.11 Å². The average molecular weight is 313 g/mol. The van der Waals surface area contributed by atoms with Gasteiger partial charge < -0.3 is 10.0 Å². The topological polar surface area (TPSA) is 26.7 Å². The zero-order chi connectivity index (χ0) is 13.1. The molecule has 1 heterocycles. The van der Waals surface area contributed by atoms with Gasteiger partial charge in [0.25, 0.3) is 0 Å². The van der Waals surface area contributed by atoms with Gasteiger partial charge in [0.2, 0.25) is 0 Å². The third-order valence-corrected chi connectivity index (χ3v) is 4.10. The maximum atomic E-state index is 9.43. The van der Waals surface area contributed by atoms with Crippen molar-refractivity contribution in [3.8, 4) is 0 Å². The van der Waals surface area contributed by atoms with E-state index in [1.807, 2.05) is 12.1 Å². The number of hydrogen-bond acceptors (Lipinski definition) is 3. The van der Waals surface area contributed by atoms with Gasteiger partial charge in [0.1, 0.15) is 0 Å². The van der Waals surface area contributed by atoms with Crippen LogP contribution < -0.4 is 4.90 Å². The van der Waals surface area contributed by atoms with Crippen molar-refractivity contribution in [2.24, 2.45) is 0 Å². The van der Waals surface area contributed by atoms with Gasteiger partial charge in [-0.15, -0.1) is 0 Å². The smallest absolute Gasteiger partial charge is 0.0702 e. The van der Waals surface area contributed by atoms with Crippen LogP contribution in [0.25, 0.3) is 0 Å². The molecule has 1 aliphatic rings. The second-order valence-electron chi connectivity index (χ2n) is 5.05. The van der Waals surface area contributed by atoms with Crippen molar-refractivity contribution in [2.75, 3.05) is 31.1 Å². The molecule has 1 aliphatic heterocycles. The van der Waals surface area contributed by atoms with E-state index in [0.717, 1.165) is 41.9 Å². The zero-order valence-corrected chi connectivity index (χ0v) is 12.7. The van der Waals surface area contributed by atoms with Gasteiger partial charge in [-0.3, -0.25) is 4.90 Å². The predicted molar refractivity (Wildman–Crippen MR) is 79.0 cm³/mol. The Labute approximate surface area is 118 Å². The van der Waals surface area contributed by atoms with Crippen molar-refractivity contribution in [1.29, 1.82) is 0 Å². The monoisotopic (exact) mass is 312 g/mol. The van der Waals surface area contributed by atoms with Crippen LogP contribution in [0, 0.1) is 0 Å². The fraction of sp³-hybridized carbons (Fsp3) is 0.571. The lowest BCUT2D eigenvalue weighted by Crippen LogP contribution is -2.49. The first-order valence-corrected chi connectivity index (χ1v) is 7.29. The van der Waals surface area contributed by atoms with Gasteiger partial charge in [-0.25, -0.2) is 0 Å². The lowest BCUT2D eigenvalue weighted by Gasteiger charge is -2.38. The number of nitrogens with zero attached hydrogens (tertiary/aromatic N) is 2. The number of rotatable bonds is 3. The van der Waals surface area contributed by atoms with Gasteiger partial charge in [-0.2, -0.15) is 0 Å². The van der Waals surface area contributed by atoms with Crippen LogP contribution >= 0.6 is 15.9 Å². The number of hydrogen-bond donors (Lipinski definition) is 1. The van der Waals surface area contributed by atoms with E-state index in [2.05, 4.69) is 45.6 Å². The standard InChI is InChI=1S/C14H21BrN2O/c1-11(2)16-5-7-17(8-6-16)14-9-13(15)4-3-12(14)10-18/h3-4,9,11,18H,5-8,10H2,1-2H3. The molecular weight excluding hydrogens is 292 g/mol. The Kier molecular flexibility index (Phi) is 4.65. The number of aliphatic hydroxyl groups is 1. The summed E-state index contributed by atoms with van der Waals surface area (Å²) in [5, 5.41) is 9.43. The second-order valence-corrected chi connectivity index (χ2v) is 5.96. The summed E-state index contributed by atoms with van der Waals surface area (Å²) in [5.74, 6) is 0. The summed E-state index contributed by atoms with van der Waals surface area (Å²) in [6.07, 6.45) is 0. The second kappa shape index (κ2) is 6.04. The minimum atomic E-state index is 0.104. The number of halogens is 1. The van der Waals surface area contributed by atoms with E-state index >= 15 is 0 Å². The van der Waals surface area contributed by atoms with Crippen LogP contribution in [0.4, 0.5) is 5.69 Å². The van der Waals surface area contributed by atoms with Crippen molar-refractivity contribution in [2.45, 2.75) is 26.5 Å². The average Bonchev–Trinajstić information content (AvgIpc) is 2.39. The molecule has 0 bridgehead atoms. The molecule has 0 aliphatic carbocycles. The van der Waals surface area contributed by atoms with E-state index in [0.29, 0.717) is 6.04 Å². The number of piperazine rings is 1. The van der Waals surface area contributed by atoms with Gasteiger partial charge >= 0.3 is 0 Å². The number of aliphatic hydroxyl groups excluding tert-OH is 1. The highest BCUT2D eigenvalue weighted by molar-refractivity contribution is 9.10. The lowest BCUT2D eigenvalue weighted by atomic mass is 10.1. The molecule has 1 aromatic carbocycles. The molecule has 0 aromatic heterocycles. The summed E-state index contributed by atoms with van der Waals surface area (Å²) in [6.45, 7) is 8.84. The van der Waals surface area contributed by atoms with Gasteiger partial charge in [0.05, 0.1) is 6.61 Å². The van der Waals surface area contributed by atoms with Crippen molar-refractivity contribution >= 4 is 21.6 Å². The van der Waals surface area contributed by atoms with Gasteiger partial charge in [-0.1, -0.05) is 22.0 Å². The van der Waals surface area contributed by atoms with Gasteiger partial charge in [-0.05, 0) is 26.0 Å². The summed E-state index contributed by atoms with van der Waals surface area (Å²) in [5.41, 5.74) is 2.17. The van der Waals surface area contributed by atoms with Gasteiger partial charge in [0, 0.05) is 47.9 Å². The lowest BCUT2D eigenvalue weighted by molar-refractivity contribution is 0.209. The molecule has 3 nitrogen and oxygen atoms in total. The molecule has 0 radical (unpaired) electrons. The molecule has 0 atom stereocenters. The molecule has 100 valence electrons.